The molecular weight excluding hydrogens is 254 g/mol. The zero-order chi connectivity index (χ0) is 13.0. The molecular formula is C11H11N3O3S. The molecule has 0 saturated carbocycles. The van der Waals surface area contributed by atoms with E-state index in [1.54, 1.807) is 30.3 Å². The first-order valence-electron chi connectivity index (χ1n) is 5.12. The summed E-state index contributed by atoms with van der Waals surface area (Å²) in [4.78, 5) is 3.56. The Kier molecular flexibility index (Phi) is 3.42. The van der Waals surface area contributed by atoms with E-state index in [0.29, 0.717) is 6.42 Å². The van der Waals surface area contributed by atoms with Gasteiger partial charge in [0.25, 0.3) is 5.16 Å². The van der Waals surface area contributed by atoms with Gasteiger partial charge >= 0.3 is 10.1 Å². The molecule has 2 rings (SSSR count). The van der Waals surface area contributed by atoms with Crippen molar-refractivity contribution in [3.63, 3.8) is 0 Å². The van der Waals surface area contributed by atoms with Crippen LogP contribution in [0, 0.1) is 0 Å². The minimum Gasteiger partial charge on any atom is -0.376 e. The van der Waals surface area contributed by atoms with Gasteiger partial charge in [0.15, 0.2) is 0 Å². The summed E-state index contributed by atoms with van der Waals surface area (Å²) in [6, 6.07) is 6.84. The van der Waals surface area contributed by atoms with Crippen LogP contribution < -0.4 is 4.18 Å². The monoisotopic (exact) mass is 265 g/mol. The average Bonchev–Trinajstić information content (AvgIpc) is 2.86. The van der Waals surface area contributed by atoms with Crippen LogP contribution in [0.3, 0.4) is 0 Å². The number of hydrogen-bond donors (Lipinski definition) is 1. The second kappa shape index (κ2) is 5.01. The van der Waals surface area contributed by atoms with Crippen LogP contribution in [0.4, 0.5) is 0 Å². The first-order valence-corrected chi connectivity index (χ1v) is 6.53. The molecule has 0 radical (unpaired) electrons. The molecule has 0 saturated heterocycles. The summed E-state index contributed by atoms with van der Waals surface area (Å²) >= 11 is 0. The molecule has 0 atom stereocenters. The molecule has 0 bridgehead atoms. The molecule has 7 heteroatoms. The van der Waals surface area contributed by atoms with E-state index in [0.717, 1.165) is 11.9 Å². The minimum atomic E-state index is -3.97. The summed E-state index contributed by atoms with van der Waals surface area (Å²) in [6.07, 6.45) is 3.29. The molecule has 18 heavy (non-hydrogen) atoms. The molecule has 0 unspecified atom stereocenters. The smallest absolute Gasteiger partial charge is 0.374 e. The van der Waals surface area contributed by atoms with Gasteiger partial charge in [0, 0.05) is 0 Å². The van der Waals surface area contributed by atoms with Gasteiger partial charge in [-0.2, -0.15) is 13.5 Å². The van der Waals surface area contributed by atoms with Crippen LogP contribution in [0.25, 0.3) is 0 Å². The van der Waals surface area contributed by atoms with Crippen molar-refractivity contribution in [2.45, 2.75) is 11.6 Å². The zero-order valence-electron chi connectivity index (χ0n) is 9.41. The van der Waals surface area contributed by atoms with E-state index in [1.807, 2.05) is 0 Å². The van der Waals surface area contributed by atoms with Gasteiger partial charge in [-0.25, -0.2) is 10.1 Å². The SMILES string of the molecule is C=CCc1ccccc1OS(=O)(=O)c1ncn[nH]1. The average molecular weight is 265 g/mol. The number of para-hydroxylation sites is 1. The fourth-order valence-electron chi connectivity index (χ4n) is 1.38. The van der Waals surface area contributed by atoms with Gasteiger partial charge in [0.2, 0.25) is 0 Å². The van der Waals surface area contributed by atoms with E-state index in [9.17, 15) is 8.42 Å². The Morgan fingerprint density at radius 3 is 2.83 bits per heavy atom. The molecule has 1 aromatic carbocycles. The fourth-order valence-corrected chi connectivity index (χ4v) is 2.20. The molecule has 1 heterocycles. The van der Waals surface area contributed by atoms with Crippen molar-refractivity contribution in [2.75, 3.05) is 0 Å². The second-order valence-corrected chi connectivity index (χ2v) is 4.89. The van der Waals surface area contributed by atoms with Crippen LogP contribution in [0.2, 0.25) is 0 Å². The summed E-state index contributed by atoms with van der Waals surface area (Å²) < 4.78 is 28.7. The lowest BCUT2D eigenvalue weighted by Crippen LogP contribution is -2.12. The summed E-state index contributed by atoms with van der Waals surface area (Å²) in [6.45, 7) is 3.61. The molecule has 2 aromatic rings. The van der Waals surface area contributed by atoms with Crippen molar-refractivity contribution >= 4 is 10.1 Å². The predicted molar refractivity (Wildman–Crippen MR) is 64.5 cm³/mol. The van der Waals surface area contributed by atoms with Crippen LogP contribution in [-0.2, 0) is 16.5 Å². The number of H-pyrrole nitrogens is 1. The van der Waals surface area contributed by atoms with Gasteiger partial charge in [0.05, 0.1) is 0 Å². The number of benzene rings is 1. The summed E-state index contributed by atoms with van der Waals surface area (Å²) in [7, 11) is -3.97. The third kappa shape index (κ3) is 2.57. The Labute approximate surface area is 104 Å². The minimum absolute atomic E-state index is 0.258. The number of rotatable bonds is 5. The summed E-state index contributed by atoms with van der Waals surface area (Å²) in [5.41, 5.74) is 0.732. The molecule has 0 fully saturated rings. The van der Waals surface area contributed by atoms with Crippen LogP contribution in [0.15, 0.2) is 48.4 Å². The Bertz CT molecular complexity index is 635. The van der Waals surface area contributed by atoms with Crippen molar-refractivity contribution in [3.05, 3.63) is 48.8 Å². The van der Waals surface area contributed by atoms with Gasteiger partial charge in [-0.05, 0) is 18.1 Å². The fraction of sp³-hybridized carbons (Fsp3) is 0.0909. The van der Waals surface area contributed by atoms with Crippen molar-refractivity contribution in [1.82, 2.24) is 15.2 Å². The lowest BCUT2D eigenvalue weighted by Gasteiger charge is -2.08. The van der Waals surface area contributed by atoms with Crippen LogP contribution in [-0.4, -0.2) is 23.6 Å². The van der Waals surface area contributed by atoms with Crippen LogP contribution >= 0.6 is 0 Å². The molecule has 0 aliphatic rings. The molecule has 0 aliphatic carbocycles. The van der Waals surface area contributed by atoms with Gasteiger partial charge in [0.1, 0.15) is 12.1 Å². The van der Waals surface area contributed by atoms with E-state index in [-0.39, 0.29) is 10.9 Å². The Balaban J connectivity index is 2.32. The number of nitrogens with zero attached hydrogens (tertiary/aromatic N) is 2. The maximum absolute atomic E-state index is 11.8. The van der Waals surface area contributed by atoms with E-state index in [4.69, 9.17) is 4.18 Å². The zero-order valence-corrected chi connectivity index (χ0v) is 10.2. The summed E-state index contributed by atoms with van der Waals surface area (Å²) in [5, 5.41) is 5.41. The third-order valence-corrected chi connectivity index (χ3v) is 3.24. The van der Waals surface area contributed by atoms with Gasteiger partial charge in [-0.1, -0.05) is 24.3 Å². The lowest BCUT2D eigenvalue weighted by molar-refractivity contribution is 0.475. The first-order chi connectivity index (χ1) is 8.63. The number of allylic oxidation sites excluding steroid dienone is 1. The Hall–Kier alpha value is -2.15. The van der Waals surface area contributed by atoms with Crippen molar-refractivity contribution in [1.29, 1.82) is 0 Å². The van der Waals surface area contributed by atoms with Gasteiger partial charge in [-0.3, -0.25) is 0 Å². The topological polar surface area (TPSA) is 84.9 Å². The Morgan fingerprint density at radius 1 is 1.39 bits per heavy atom. The van der Waals surface area contributed by atoms with Gasteiger partial charge in [-0.15, -0.1) is 6.58 Å². The molecule has 0 aliphatic heterocycles. The molecule has 0 spiro atoms. The lowest BCUT2D eigenvalue weighted by atomic mass is 10.1. The molecule has 1 N–H and O–H groups in total. The second-order valence-electron chi connectivity index (χ2n) is 3.43. The largest absolute Gasteiger partial charge is 0.376 e. The first kappa shape index (κ1) is 12.3. The summed E-state index contributed by atoms with van der Waals surface area (Å²) in [5.74, 6) is 0.258. The van der Waals surface area contributed by atoms with E-state index in [2.05, 4.69) is 21.8 Å². The number of aromatic amines is 1. The predicted octanol–water partition coefficient (Wildman–Crippen LogP) is 1.30. The highest BCUT2D eigenvalue weighted by Crippen LogP contribution is 2.22. The standard InChI is InChI=1S/C11H11N3O3S/c1-2-5-9-6-3-4-7-10(9)17-18(15,16)11-12-8-13-14-11/h2-4,6-8H,1,5H2,(H,12,13,14). The normalized spacial score (nSPS) is 11.1. The highest BCUT2D eigenvalue weighted by molar-refractivity contribution is 7.86. The Morgan fingerprint density at radius 2 is 2.17 bits per heavy atom. The van der Waals surface area contributed by atoms with Crippen LogP contribution in [0.5, 0.6) is 5.75 Å². The van der Waals surface area contributed by atoms with Crippen molar-refractivity contribution in [2.24, 2.45) is 0 Å². The van der Waals surface area contributed by atoms with Gasteiger partial charge < -0.3 is 4.18 Å². The van der Waals surface area contributed by atoms with Crippen molar-refractivity contribution < 1.29 is 12.6 Å². The van der Waals surface area contributed by atoms with Crippen LogP contribution in [0.1, 0.15) is 5.56 Å². The highest BCUT2D eigenvalue weighted by Gasteiger charge is 2.21. The highest BCUT2D eigenvalue weighted by atomic mass is 32.2. The maximum atomic E-state index is 11.8. The van der Waals surface area contributed by atoms with Crippen molar-refractivity contribution in [3.8, 4) is 5.75 Å². The van der Waals surface area contributed by atoms with E-state index in [1.165, 1.54) is 0 Å². The number of hydrogen-bond acceptors (Lipinski definition) is 5. The molecule has 94 valence electrons. The molecule has 6 nitrogen and oxygen atoms in total. The number of aromatic nitrogens is 3. The quantitative estimate of drug-likeness (QED) is 0.650. The molecule has 0 amide bonds. The maximum Gasteiger partial charge on any atom is 0.374 e. The van der Waals surface area contributed by atoms with E-state index >= 15 is 0 Å². The molecule has 1 aromatic heterocycles. The number of nitrogens with one attached hydrogen (secondary N) is 1. The third-order valence-electron chi connectivity index (χ3n) is 2.17. The van der Waals surface area contributed by atoms with E-state index < -0.39 is 10.1 Å².